The number of nitrogens with zero attached hydrogens (tertiary/aromatic N) is 1. The summed E-state index contributed by atoms with van der Waals surface area (Å²) in [7, 11) is 0. The van der Waals surface area contributed by atoms with Gasteiger partial charge in [-0.1, -0.05) is 24.3 Å². The van der Waals surface area contributed by atoms with E-state index in [2.05, 4.69) is 10.3 Å². The number of rotatable bonds is 3. The molecule has 3 nitrogen and oxygen atoms in total. The van der Waals surface area contributed by atoms with Crippen molar-refractivity contribution in [2.45, 2.75) is 13.5 Å². The van der Waals surface area contributed by atoms with E-state index >= 15 is 0 Å². The molecule has 0 radical (unpaired) electrons. The van der Waals surface area contributed by atoms with E-state index < -0.39 is 0 Å². The second-order valence-electron chi connectivity index (χ2n) is 5.14. The van der Waals surface area contributed by atoms with Crippen LogP contribution >= 0.6 is 0 Å². The number of carbonyl (C=O) groups is 1. The number of carbonyl (C=O) groups excluding carboxylic acids is 1. The lowest BCUT2D eigenvalue weighted by Gasteiger charge is -2.08. The lowest BCUT2D eigenvalue weighted by atomic mass is 10.1. The monoisotopic (exact) mass is 296 g/mol. The summed E-state index contributed by atoms with van der Waals surface area (Å²) in [6.07, 6.45) is 1.71. The Morgan fingerprint density at radius 3 is 2.95 bits per heavy atom. The van der Waals surface area contributed by atoms with Crippen LogP contribution in [0.5, 0.6) is 0 Å². The first-order chi connectivity index (χ1) is 10.6. The van der Waals surface area contributed by atoms with Crippen molar-refractivity contribution >= 4 is 16.8 Å². The molecule has 0 bridgehead atoms. The molecule has 1 N–H and O–H groups in total. The maximum Gasteiger partial charge on any atom is 0.251 e. The first-order valence-electron chi connectivity index (χ1n) is 7.02. The molecule has 0 aliphatic rings. The second-order valence-corrected chi connectivity index (χ2v) is 5.14. The molecule has 1 aromatic heterocycles. The molecule has 1 amide bonds. The molecular formula is C18H17FN2O. The summed E-state index contributed by atoms with van der Waals surface area (Å²) in [5.41, 5.74) is 2.43. The van der Waals surface area contributed by atoms with E-state index in [1.54, 1.807) is 49.5 Å². The highest BCUT2D eigenvalue weighted by molar-refractivity contribution is 5.97. The molecular weight excluding hydrogens is 279 g/mol. The van der Waals surface area contributed by atoms with Gasteiger partial charge in [-0.05, 0) is 36.8 Å². The third-order valence-corrected chi connectivity index (χ3v) is 3.58. The molecule has 0 aliphatic carbocycles. The van der Waals surface area contributed by atoms with Gasteiger partial charge in [-0.15, -0.1) is 0 Å². The van der Waals surface area contributed by atoms with Gasteiger partial charge >= 0.3 is 0 Å². The minimum absolute atomic E-state index is 0. The highest BCUT2D eigenvalue weighted by Crippen LogP contribution is 2.14. The zero-order valence-electron chi connectivity index (χ0n) is 12.1. The van der Waals surface area contributed by atoms with Crippen LogP contribution < -0.4 is 5.32 Å². The SMILES string of the molecule is Cc1cccc(CNC(=O)c2ccc3ncccc3c2)c1F.[HH]. The number of halogens is 1. The molecule has 0 unspecified atom stereocenters. The Bertz CT molecular complexity index is 851. The maximum atomic E-state index is 13.9. The quantitative estimate of drug-likeness (QED) is 0.797. The van der Waals surface area contributed by atoms with Crippen LogP contribution in [0.1, 0.15) is 22.9 Å². The number of nitrogens with one attached hydrogen (secondary N) is 1. The molecule has 0 atom stereocenters. The number of amides is 1. The molecule has 0 saturated heterocycles. The van der Waals surface area contributed by atoms with Crippen molar-refractivity contribution in [3.63, 3.8) is 0 Å². The minimum atomic E-state index is -0.273. The van der Waals surface area contributed by atoms with Crippen molar-refractivity contribution < 1.29 is 10.6 Å². The molecule has 22 heavy (non-hydrogen) atoms. The fourth-order valence-electron chi connectivity index (χ4n) is 2.34. The Morgan fingerprint density at radius 1 is 1.23 bits per heavy atom. The second kappa shape index (κ2) is 5.93. The molecule has 3 aromatic rings. The van der Waals surface area contributed by atoms with Crippen LogP contribution in [0.25, 0.3) is 10.9 Å². The van der Waals surface area contributed by atoms with Crippen LogP contribution in [-0.2, 0) is 6.54 Å². The molecule has 0 spiro atoms. The minimum Gasteiger partial charge on any atom is -0.348 e. The zero-order valence-corrected chi connectivity index (χ0v) is 12.1. The standard InChI is InChI=1S/C18H15FN2O.H2/c1-12-4-2-5-15(17(12)19)11-21-18(22)14-7-8-16-13(10-14)6-3-9-20-16;/h2-10H,11H2,1H3,(H,21,22);1H. The number of benzene rings is 2. The lowest BCUT2D eigenvalue weighted by Crippen LogP contribution is -2.23. The van der Waals surface area contributed by atoms with Crippen molar-refractivity contribution in [2.24, 2.45) is 0 Å². The summed E-state index contributed by atoms with van der Waals surface area (Å²) in [5, 5.41) is 3.65. The van der Waals surface area contributed by atoms with E-state index in [-0.39, 0.29) is 19.7 Å². The first kappa shape index (κ1) is 14.2. The highest BCUT2D eigenvalue weighted by atomic mass is 19.1. The summed E-state index contributed by atoms with van der Waals surface area (Å²) in [6.45, 7) is 1.87. The van der Waals surface area contributed by atoms with Gasteiger partial charge in [-0.2, -0.15) is 0 Å². The van der Waals surface area contributed by atoms with Gasteiger partial charge in [-0.25, -0.2) is 4.39 Å². The van der Waals surface area contributed by atoms with Crippen molar-refractivity contribution in [2.75, 3.05) is 0 Å². The molecule has 1 heterocycles. The summed E-state index contributed by atoms with van der Waals surface area (Å²) in [5.74, 6) is -0.503. The Labute approximate surface area is 129 Å². The average molecular weight is 296 g/mol. The molecule has 0 fully saturated rings. The summed E-state index contributed by atoms with van der Waals surface area (Å²) in [6, 6.07) is 14.2. The van der Waals surface area contributed by atoms with Gasteiger partial charge in [-0.3, -0.25) is 9.78 Å². The predicted octanol–water partition coefficient (Wildman–Crippen LogP) is 3.86. The molecule has 0 saturated carbocycles. The van der Waals surface area contributed by atoms with Crippen LogP contribution in [0.4, 0.5) is 4.39 Å². The Kier molecular flexibility index (Phi) is 3.83. The number of hydrogen-bond acceptors (Lipinski definition) is 2. The average Bonchev–Trinajstić information content (AvgIpc) is 2.55. The number of aryl methyl sites for hydroxylation is 1. The van der Waals surface area contributed by atoms with Crippen LogP contribution in [0.15, 0.2) is 54.7 Å². The van der Waals surface area contributed by atoms with E-state index in [1.165, 1.54) is 0 Å². The summed E-state index contributed by atoms with van der Waals surface area (Å²) < 4.78 is 13.9. The van der Waals surface area contributed by atoms with Crippen molar-refractivity contribution in [1.82, 2.24) is 10.3 Å². The third-order valence-electron chi connectivity index (χ3n) is 3.58. The first-order valence-corrected chi connectivity index (χ1v) is 7.02. The number of pyridine rings is 1. The zero-order chi connectivity index (χ0) is 15.5. The van der Waals surface area contributed by atoms with Crippen molar-refractivity contribution in [3.05, 3.63) is 77.2 Å². The molecule has 0 aliphatic heterocycles. The normalized spacial score (nSPS) is 10.6. The molecule has 3 rings (SSSR count). The van der Waals surface area contributed by atoms with Crippen molar-refractivity contribution in [1.29, 1.82) is 0 Å². The van der Waals surface area contributed by atoms with Gasteiger partial charge in [0.05, 0.1) is 5.52 Å². The summed E-state index contributed by atoms with van der Waals surface area (Å²) >= 11 is 0. The van der Waals surface area contributed by atoms with Gasteiger partial charge < -0.3 is 5.32 Å². The fourth-order valence-corrected chi connectivity index (χ4v) is 2.34. The van der Waals surface area contributed by atoms with Gasteiger partial charge in [0, 0.05) is 30.7 Å². The third kappa shape index (κ3) is 2.81. The smallest absolute Gasteiger partial charge is 0.251 e. The van der Waals surface area contributed by atoms with Crippen LogP contribution in [-0.4, -0.2) is 10.9 Å². The predicted molar refractivity (Wildman–Crippen MR) is 86.2 cm³/mol. The van der Waals surface area contributed by atoms with Crippen LogP contribution in [0, 0.1) is 12.7 Å². The van der Waals surface area contributed by atoms with Gasteiger partial charge in [0.1, 0.15) is 5.82 Å². The van der Waals surface area contributed by atoms with E-state index in [1.807, 2.05) is 12.1 Å². The number of aromatic nitrogens is 1. The van der Waals surface area contributed by atoms with Gasteiger partial charge in [0.15, 0.2) is 0 Å². The fraction of sp³-hybridized carbons (Fsp3) is 0.111. The Balaban J connectivity index is 0.00000192. The van der Waals surface area contributed by atoms with Crippen LogP contribution in [0.3, 0.4) is 0 Å². The maximum absolute atomic E-state index is 13.9. The molecule has 112 valence electrons. The molecule has 4 heteroatoms. The van der Waals surface area contributed by atoms with E-state index in [4.69, 9.17) is 0 Å². The van der Waals surface area contributed by atoms with Gasteiger partial charge in [0.25, 0.3) is 5.91 Å². The largest absolute Gasteiger partial charge is 0.348 e. The number of hydrogen-bond donors (Lipinski definition) is 1. The van der Waals surface area contributed by atoms with E-state index in [9.17, 15) is 9.18 Å². The van der Waals surface area contributed by atoms with Crippen LogP contribution in [0.2, 0.25) is 0 Å². The van der Waals surface area contributed by atoms with E-state index in [0.29, 0.717) is 16.7 Å². The van der Waals surface area contributed by atoms with E-state index in [0.717, 1.165) is 10.9 Å². The van der Waals surface area contributed by atoms with Gasteiger partial charge in [0.2, 0.25) is 0 Å². The molecule has 2 aromatic carbocycles. The summed E-state index contributed by atoms with van der Waals surface area (Å²) in [4.78, 5) is 16.4. The highest BCUT2D eigenvalue weighted by Gasteiger charge is 2.09. The Morgan fingerprint density at radius 2 is 2.09 bits per heavy atom. The van der Waals surface area contributed by atoms with Crippen molar-refractivity contribution in [3.8, 4) is 0 Å². The lowest BCUT2D eigenvalue weighted by molar-refractivity contribution is 0.0950. The topological polar surface area (TPSA) is 42.0 Å². The number of fused-ring (bicyclic) bond motifs is 1. The Hall–Kier alpha value is -2.75.